The van der Waals surface area contributed by atoms with E-state index in [0.29, 0.717) is 11.6 Å². The Bertz CT molecular complexity index is 342. The number of aryl methyl sites for hydroxylation is 1. The van der Waals surface area contributed by atoms with Crippen LogP contribution in [0.2, 0.25) is 5.02 Å². The molecule has 0 saturated heterocycles. The van der Waals surface area contributed by atoms with Crippen LogP contribution < -0.4 is 4.74 Å². The molecule has 1 rings (SSSR count). The Hall–Kier alpha value is -0.250. The summed E-state index contributed by atoms with van der Waals surface area (Å²) in [6.45, 7) is 3.57. The Morgan fingerprint density at radius 2 is 2.07 bits per heavy atom. The van der Waals surface area contributed by atoms with Crippen molar-refractivity contribution in [1.29, 1.82) is 0 Å². The standard InChI is InChI=1S/C11H15BrClNO/c1-8-6-10(13)9(12)7-11(8)15-5-4-14(2)3/h6-7H,4-5H2,1-3H3. The second kappa shape index (κ2) is 5.73. The zero-order valence-electron chi connectivity index (χ0n) is 9.18. The van der Waals surface area contributed by atoms with Crippen LogP contribution in [0.15, 0.2) is 16.6 Å². The molecule has 4 heteroatoms. The fraction of sp³-hybridized carbons (Fsp3) is 0.455. The Morgan fingerprint density at radius 1 is 1.40 bits per heavy atom. The summed E-state index contributed by atoms with van der Waals surface area (Å²) in [5.74, 6) is 0.883. The van der Waals surface area contributed by atoms with Crippen molar-refractivity contribution in [3.8, 4) is 5.75 Å². The molecule has 0 bridgehead atoms. The number of ether oxygens (including phenoxy) is 1. The average molecular weight is 293 g/mol. The summed E-state index contributed by atoms with van der Waals surface area (Å²) in [7, 11) is 4.04. The summed E-state index contributed by atoms with van der Waals surface area (Å²) in [5, 5.41) is 0.715. The van der Waals surface area contributed by atoms with Crippen LogP contribution in [0.1, 0.15) is 5.56 Å². The van der Waals surface area contributed by atoms with Crippen LogP contribution in [0.3, 0.4) is 0 Å². The van der Waals surface area contributed by atoms with Gasteiger partial charge in [-0.15, -0.1) is 0 Å². The van der Waals surface area contributed by atoms with Crippen molar-refractivity contribution < 1.29 is 4.74 Å². The van der Waals surface area contributed by atoms with Crippen molar-refractivity contribution in [2.45, 2.75) is 6.92 Å². The summed E-state index contributed by atoms with van der Waals surface area (Å²) in [6, 6.07) is 3.81. The molecule has 0 aromatic heterocycles. The number of hydrogen-bond donors (Lipinski definition) is 0. The molecule has 15 heavy (non-hydrogen) atoms. The van der Waals surface area contributed by atoms with Gasteiger partial charge in [-0.2, -0.15) is 0 Å². The number of benzene rings is 1. The lowest BCUT2D eigenvalue weighted by molar-refractivity contribution is 0.260. The van der Waals surface area contributed by atoms with E-state index in [0.717, 1.165) is 22.3 Å². The van der Waals surface area contributed by atoms with Crippen LogP contribution in [0.5, 0.6) is 5.75 Å². The first kappa shape index (κ1) is 12.8. The van der Waals surface area contributed by atoms with Crippen LogP contribution in [0.4, 0.5) is 0 Å². The van der Waals surface area contributed by atoms with E-state index in [4.69, 9.17) is 16.3 Å². The zero-order valence-corrected chi connectivity index (χ0v) is 11.5. The number of likely N-dealkylation sites (N-methyl/N-ethyl adjacent to an activating group) is 1. The topological polar surface area (TPSA) is 12.5 Å². The van der Waals surface area contributed by atoms with Crippen LogP contribution in [0.25, 0.3) is 0 Å². The van der Waals surface area contributed by atoms with E-state index < -0.39 is 0 Å². The molecule has 0 spiro atoms. The van der Waals surface area contributed by atoms with Gasteiger partial charge >= 0.3 is 0 Å². The molecule has 0 aliphatic rings. The molecular weight excluding hydrogens is 277 g/mol. The molecule has 0 saturated carbocycles. The van der Waals surface area contributed by atoms with Gasteiger partial charge in [0, 0.05) is 11.0 Å². The van der Waals surface area contributed by atoms with Crippen molar-refractivity contribution in [1.82, 2.24) is 4.90 Å². The van der Waals surface area contributed by atoms with Gasteiger partial charge in [-0.05, 0) is 54.6 Å². The monoisotopic (exact) mass is 291 g/mol. The second-order valence-corrected chi connectivity index (χ2v) is 4.95. The van der Waals surface area contributed by atoms with E-state index in [1.165, 1.54) is 0 Å². The first-order valence-electron chi connectivity index (χ1n) is 4.74. The molecule has 0 N–H and O–H groups in total. The minimum Gasteiger partial charge on any atom is -0.492 e. The van der Waals surface area contributed by atoms with Crippen molar-refractivity contribution in [2.75, 3.05) is 27.2 Å². The molecule has 0 aliphatic heterocycles. The average Bonchev–Trinajstić information content (AvgIpc) is 2.13. The number of hydrogen-bond acceptors (Lipinski definition) is 2. The quantitative estimate of drug-likeness (QED) is 0.844. The largest absolute Gasteiger partial charge is 0.492 e. The Balaban J connectivity index is 2.65. The zero-order chi connectivity index (χ0) is 11.4. The summed E-state index contributed by atoms with van der Waals surface area (Å²) >= 11 is 9.34. The highest BCUT2D eigenvalue weighted by atomic mass is 79.9. The third-order valence-electron chi connectivity index (χ3n) is 2.01. The number of rotatable bonds is 4. The predicted molar refractivity (Wildman–Crippen MR) is 67.9 cm³/mol. The fourth-order valence-corrected chi connectivity index (χ4v) is 1.66. The van der Waals surface area contributed by atoms with E-state index in [2.05, 4.69) is 20.8 Å². The first-order valence-corrected chi connectivity index (χ1v) is 5.91. The van der Waals surface area contributed by atoms with Crippen molar-refractivity contribution >= 4 is 27.5 Å². The lowest BCUT2D eigenvalue weighted by Crippen LogP contribution is -2.19. The SMILES string of the molecule is Cc1cc(Cl)c(Br)cc1OCCN(C)C. The van der Waals surface area contributed by atoms with Gasteiger partial charge in [0.05, 0.1) is 5.02 Å². The maximum absolute atomic E-state index is 5.96. The maximum Gasteiger partial charge on any atom is 0.123 e. The van der Waals surface area contributed by atoms with Crippen LogP contribution in [-0.2, 0) is 0 Å². The number of halogens is 2. The van der Waals surface area contributed by atoms with E-state index in [1.807, 2.05) is 33.2 Å². The maximum atomic E-state index is 5.96. The lowest BCUT2D eigenvalue weighted by Gasteiger charge is -2.13. The minimum atomic E-state index is 0.682. The number of nitrogens with zero attached hydrogens (tertiary/aromatic N) is 1. The highest BCUT2D eigenvalue weighted by Gasteiger charge is 2.04. The fourth-order valence-electron chi connectivity index (χ4n) is 1.12. The van der Waals surface area contributed by atoms with Gasteiger partial charge in [-0.3, -0.25) is 0 Å². The molecular formula is C11H15BrClNO. The van der Waals surface area contributed by atoms with Gasteiger partial charge in [-0.25, -0.2) is 0 Å². The Labute approximate surface area is 104 Å². The van der Waals surface area contributed by atoms with E-state index in [9.17, 15) is 0 Å². The molecule has 0 amide bonds. The molecule has 0 aliphatic carbocycles. The van der Waals surface area contributed by atoms with Gasteiger partial charge in [0.2, 0.25) is 0 Å². The van der Waals surface area contributed by atoms with Crippen molar-refractivity contribution in [3.63, 3.8) is 0 Å². The molecule has 2 nitrogen and oxygen atoms in total. The smallest absolute Gasteiger partial charge is 0.123 e. The van der Waals surface area contributed by atoms with E-state index in [1.54, 1.807) is 0 Å². The van der Waals surface area contributed by atoms with Crippen molar-refractivity contribution in [2.24, 2.45) is 0 Å². The minimum absolute atomic E-state index is 0.682. The summed E-state index contributed by atoms with van der Waals surface area (Å²) in [6.07, 6.45) is 0. The second-order valence-electron chi connectivity index (χ2n) is 3.68. The van der Waals surface area contributed by atoms with Gasteiger partial charge in [0.25, 0.3) is 0 Å². The van der Waals surface area contributed by atoms with E-state index in [-0.39, 0.29) is 0 Å². The molecule has 0 heterocycles. The molecule has 0 unspecified atom stereocenters. The highest BCUT2D eigenvalue weighted by molar-refractivity contribution is 9.10. The van der Waals surface area contributed by atoms with Crippen molar-refractivity contribution in [3.05, 3.63) is 27.2 Å². The molecule has 84 valence electrons. The summed E-state index contributed by atoms with van der Waals surface area (Å²) in [5.41, 5.74) is 1.06. The third kappa shape index (κ3) is 4.01. The van der Waals surface area contributed by atoms with Crippen LogP contribution in [0, 0.1) is 6.92 Å². The Morgan fingerprint density at radius 3 is 2.67 bits per heavy atom. The molecule has 0 radical (unpaired) electrons. The van der Waals surface area contributed by atoms with Gasteiger partial charge in [0.1, 0.15) is 12.4 Å². The molecule has 0 atom stereocenters. The normalized spacial score (nSPS) is 10.8. The summed E-state index contributed by atoms with van der Waals surface area (Å²) < 4.78 is 6.52. The summed E-state index contributed by atoms with van der Waals surface area (Å²) in [4.78, 5) is 2.08. The molecule has 1 aromatic rings. The lowest BCUT2D eigenvalue weighted by atomic mass is 10.2. The van der Waals surface area contributed by atoms with Gasteiger partial charge in [-0.1, -0.05) is 11.6 Å². The predicted octanol–water partition coefficient (Wildman–Crippen LogP) is 3.35. The van der Waals surface area contributed by atoms with Gasteiger partial charge in [0.15, 0.2) is 0 Å². The van der Waals surface area contributed by atoms with Gasteiger partial charge < -0.3 is 9.64 Å². The van der Waals surface area contributed by atoms with E-state index >= 15 is 0 Å². The van der Waals surface area contributed by atoms with Crippen LogP contribution in [-0.4, -0.2) is 32.1 Å². The first-order chi connectivity index (χ1) is 7.00. The Kier molecular flexibility index (Phi) is 4.90. The van der Waals surface area contributed by atoms with Crippen LogP contribution >= 0.6 is 27.5 Å². The molecule has 1 aromatic carbocycles. The third-order valence-corrected chi connectivity index (χ3v) is 3.21. The molecule has 0 fully saturated rings. The highest BCUT2D eigenvalue weighted by Crippen LogP contribution is 2.30.